The number of amides is 1. The first-order valence-electron chi connectivity index (χ1n) is 9.67. The predicted octanol–water partition coefficient (Wildman–Crippen LogP) is 4.44. The van der Waals surface area contributed by atoms with Gasteiger partial charge in [-0.1, -0.05) is 17.7 Å². The number of fused-ring (bicyclic) bond motifs is 1. The number of benzene rings is 2. The SMILES string of the molecule is O=C(NCC(c1c(F)cccc1Cl)N1CCCC1)c1c[nH]c2ccc([N+](=O)[O-])cc12. The number of aromatic amines is 1. The van der Waals surface area contributed by atoms with Crippen molar-refractivity contribution in [3.05, 3.63) is 74.7 Å². The van der Waals surface area contributed by atoms with Gasteiger partial charge in [-0.05, 0) is 44.1 Å². The first-order chi connectivity index (χ1) is 14.5. The number of carbonyl (C=O) groups is 1. The van der Waals surface area contributed by atoms with Gasteiger partial charge in [0.15, 0.2) is 0 Å². The maximum atomic E-state index is 14.6. The average molecular weight is 431 g/mol. The van der Waals surface area contributed by atoms with Gasteiger partial charge in [0.05, 0.1) is 16.5 Å². The van der Waals surface area contributed by atoms with Crippen molar-refractivity contribution in [2.75, 3.05) is 19.6 Å². The Bertz CT molecular complexity index is 1090. The van der Waals surface area contributed by atoms with Crippen molar-refractivity contribution < 1.29 is 14.1 Å². The molecule has 2 heterocycles. The maximum Gasteiger partial charge on any atom is 0.270 e. The second kappa shape index (κ2) is 8.41. The van der Waals surface area contributed by atoms with Gasteiger partial charge in [-0.25, -0.2) is 4.39 Å². The van der Waals surface area contributed by atoms with Crippen molar-refractivity contribution in [3.63, 3.8) is 0 Å². The van der Waals surface area contributed by atoms with E-state index in [1.807, 2.05) is 0 Å². The summed E-state index contributed by atoms with van der Waals surface area (Å²) in [5, 5.41) is 14.7. The number of hydrogen-bond acceptors (Lipinski definition) is 4. The van der Waals surface area contributed by atoms with Crippen LogP contribution in [-0.2, 0) is 0 Å². The minimum Gasteiger partial charge on any atom is -0.360 e. The highest BCUT2D eigenvalue weighted by Crippen LogP contribution is 2.32. The number of nitro groups is 1. The molecule has 1 atom stereocenters. The molecule has 30 heavy (non-hydrogen) atoms. The Morgan fingerprint density at radius 2 is 2.07 bits per heavy atom. The van der Waals surface area contributed by atoms with Crippen LogP contribution in [0.2, 0.25) is 5.02 Å². The number of nitro benzene ring substituents is 1. The van der Waals surface area contributed by atoms with Crippen LogP contribution in [0.4, 0.5) is 10.1 Å². The molecule has 9 heteroatoms. The number of rotatable bonds is 6. The molecule has 7 nitrogen and oxygen atoms in total. The van der Waals surface area contributed by atoms with Gasteiger partial charge in [-0.15, -0.1) is 0 Å². The van der Waals surface area contributed by atoms with Crippen molar-refractivity contribution >= 4 is 34.1 Å². The quantitative estimate of drug-likeness (QED) is 0.447. The number of non-ortho nitro benzene ring substituents is 1. The molecule has 156 valence electrons. The lowest BCUT2D eigenvalue weighted by molar-refractivity contribution is -0.384. The number of carbonyl (C=O) groups excluding carboxylic acids is 1. The molecule has 1 unspecified atom stereocenters. The summed E-state index contributed by atoms with van der Waals surface area (Å²) in [5.74, 6) is -0.797. The second-order valence-corrected chi connectivity index (χ2v) is 7.70. The topological polar surface area (TPSA) is 91.3 Å². The number of likely N-dealkylation sites (tertiary alicyclic amines) is 1. The maximum absolute atomic E-state index is 14.6. The molecule has 0 saturated carbocycles. The molecular weight excluding hydrogens is 411 g/mol. The minimum absolute atomic E-state index is 0.0933. The van der Waals surface area contributed by atoms with Crippen molar-refractivity contribution in [2.45, 2.75) is 18.9 Å². The Balaban J connectivity index is 1.59. The fraction of sp³-hybridized carbons (Fsp3) is 0.286. The summed E-state index contributed by atoms with van der Waals surface area (Å²) in [6.07, 6.45) is 3.52. The van der Waals surface area contributed by atoms with Crippen LogP contribution in [-0.4, -0.2) is 40.3 Å². The molecule has 2 aromatic carbocycles. The number of nitrogens with zero attached hydrogens (tertiary/aromatic N) is 2. The molecule has 1 fully saturated rings. The first-order valence-corrected chi connectivity index (χ1v) is 10.0. The van der Waals surface area contributed by atoms with Crippen LogP contribution >= 0.6 is 11.6 Å². The van der Waals surface area contributed by atoms with Crippen LogP contribution in [0, 0.1) is 15.9 Å². The number of halogens is 2. The molecule has 1 amide bonds. The Labute approximate surface area is 177 Å². The van der Waals surface area contributed by atoms with Gasteiger partial charge < -0.3 is 10.3 Å². The smallest absolute Gasteiger partial charge is 0.270 e. The Morgan fingerprint density at radius 3 is 2.77 bits per heavy atom. The first kappa shape index (κ1) is 20.3. The molecule has 0 spiro atoms. The van der Waals surface area contributed by atoms with Crippen molar-refractivity contribution in [1.29, 1.82) is 0 Å². The highest BCUT2D eigenvalue weighted by molar-refractivity contribution is 6.31. The Hall–Kier alpha value is -2.97. The summed E-state index contributed by atoms with van der Waals surface area (Å²) in [4.78, 5) is 28.5. The summed E-state index contributed by atoms with van der Waals surface area (Å²) in [7, 11) is 0. The van der Waals surface area contributed by atoms with E-state index in [0.29, 0.717) is 27.1 Å². The highest BCUT2D eigenvalue weighted by Gasteiger charge is 2.28. The molecule has 4 rings (SSSR count). The van der Waals surface area contributed by atoms with E-state index in [4.69, 9.17) is 11.6 Å². The zero-order valence-electron chi connectivity index (χ0n) is 16.0. The summed E-state index contributed by atoms with van der Waals surface area (Å²) in [6, 6.07) is 8.48. The second-order valence-electron chi connectivity index (χ2n) is 7.29. The van der Waals surface area contributed by atoms with Crippen molar-refractivity contribution in [1.82, 2.24) is 15.2 Å². The van der Waals surface area contributed by atoms with Gasteiger partial charge in [0.2, 0.25) is 0 Å². The lowest BCUT2D eigenvalue weighted by Gasteiger charge is -2.29. The summed E-state index contributed by atoms with van der Waals surface area (Å²) >= 11 is 6.29. The van der Waals surface area contributed by atoms with E-state index >= 15 is 0 Å². The standard InChI is InChI=1S/C21H20ClFN4O3/c22-16-4-3-5-17(23)20(16)19(26-8-1-2-9-26)12-25-21(28)15-11-24-18-7-6-13(27(29)30)10-14(15)18/h3-7,10-11,19,24H,1-2,8-9,12H2,(H,25,28). The van der Waals surface area contributed by atoms with Gasteiger partial charge in [-0.3, -0.25) is 19.8 Å². The fourth-order valence-corrected chi connectivity index (χ4v) is 4.28. The van der Waals surface area contributed by atoms with Crippen molar-refractivity contribution in [2.24, 2.45) is 0 Å². The summed E-state index contributed by atoms with van der Waals surface area (Å²) in [6.45, 7) is 1.76. The summed E-state index contributed by atoms with van der Waals surface area (Å²) < 4.78 is 14.6. The van der Waals surface area contributed by atoms with E-state index < -0.39 is 22.7 Å². The molecule has 0 aliphatic carbocycles. The average Bonchev–Trinajstić information content (AvgIpc) is 3.39. The number of nitrogens with one attached hydrogen (secondary N) is 2. The van der Waals surface area contributed by atoms with E-state index in [1.54, 1.807) is 18.2 Å². The predicted molar refractivity (Wildman–Crippen MR) is 112 cm³/mol. The third-order valence-corrected chi connectivity index (χ3v) is 5.82. The van der Waals surface area contributed by atoms with Crippen molar-refractivity contribution in [3.8, 4) is 0 Å². The molecule has 1 aliphatic heterocycles. The van der Waals surface area contributed by atoms with Crippen LogP contribution in [0.3, 0.4) is 0 Å². The van der Waals surface area contributed by atoms with Crippen LogP contribution in [0.25, 0.3) is 10.9 Å². The lowest BCUT2D eigenvalue weighted by atomic mass is 10.0. The Kier molecular flexibility index (Phi) is 5.69. The van der Waals surface area contributed by atoms with Gasteiger partial charge in [0.1, 0.15) is 5.82 Å². The zero-order chi connectivity index (χ0) is 21.3. The minimum atomic E-state index is -0.502. The van der Waals surface area contributed by atoms with Crippen LogP contribution in [0.15, 0.2) is 42.6 Å². The Morgan fingerprint density at radius 1 is 1.30 bits per heavy atom. The van der Waals surface area contributed by atoms with Crippen LogP contribution < -0.4 is 5.32 Å². The number of aromatic nitrogens is 1. The van der Waals surface area contributed by atoms with Gasteiger partial charge >= 0.3 is 0 Å². The largest absolute Gasteiger partial charge is 0.360 e. The lowest BCUT2D eigenvalue weighted by Crippen LogP contribution is -2.37. The van der Waals surface area contributed by atoms with E-state index in [2.05, 4.69) is 15.2 Å². The zero-order valence-corrected chi connectivity index (χ0v) is 16.8. The molecular formula is C21H20ClFN4O3. The molecule has 0 radical (unpaired) electrons. The molecule has 1 aliphatic rings. The fourth-order valence-electron chi connectivity index (χ4n) is 3.99. The van der Waals surface area contributed by atoms with E-state index in [-0.39, 0.29) is 12.2 Å². The van der Waals surface area contributed by atoms with E-state index in [0.717, 1.165) is 25.9 Å². The number of H-pyrrole nitrogens is 1. The van der Waals surface area contributed by atoms with Gasteiger partial charge in [-0.2, -0.15) is 0 Å². The van der Waals surface area contributed by atoms with E-state index in [9.17, 15) is 19.3 Å². The molecule has 2 N–H and O–H groups in total. The van der Waals surface area contributed by atoms with Gasteiger partial charge in [0.25, 0.3) is 11.6 Å². The normalized spacial score (nSPS) is 15.4. The third-order valence-electron chi connectivity index (χ3n) is 5.49. The molecule has 1 aromatic heterocycles. The summed E-state index contributed by atoms with van der Waals surface area (Å²) in [5.41, 5.74) is 1.20. The monoisotopic (exact) mass is 430 g/mol. The molecule has 3 aromatic rings. The number of hydrogen-bond donors (Lipinski definition) is 2. The van der Waals surface area contributed by atoms with Gasteiger partial charge in [0, 0.05) is 46.4 Å². The van der Waals surface area contributed by atoms with Crippen LogP contribution in [0.5, 0.6) is 0 Å². The third kappa shape index (κ3) is 3.88. The highest BCUT2D eigenvalue weighted by atomic mass is 35.5. The molecule has 0 bridgehead atoms. The molecule has 1 saturated heterocycles. The van der Waals surface area contributed by atoms with Crippen LogP contribution in [0.1, 0.15) is 34.8 Å². The van der Waals surface area contributed by atoms with E-state index in [1.165, 1.54) is 24.4 Å².